The largest absolute Gasteiger partial charge is 0.457 e. The minimum absolute atomic E-state index is 0.301. The average Bonchev–Trinajstić information content (AvgIpc) is 3.25. The van der Waals surface area contributed by atoms with E-state index in [0.717, 1.165) is 20.4 Å². The molecule has 5 aromatic rings. The van der Waals surface area contributed by atoms with Gasteiger partial charge in [-0.15, -0.1) is 0 Å². The number of aromatic amines is 1. The van der Waals surface area contributed by atoms with E-state index in [1.807, 2.05) is 61.0 Å². The van der Waals surface area contributed by atoms with Gasteiger partial charge in [0.1, 0.15) is 11.5 Å². The quantitative estimate of drug-likeness (QED) is 0.401. The van der Waals surface area contributed by atoms with Crippen LogP contribution in [0.5, 0.6) is 11.5 Å². The predicted octanol–water partition coefficient (Wildman–Crippen LogP) is 3.33. The summed E-state index contributed by atoms with van der Waals surface area (Å²) in [6, 6.07) is 21.3. The van der Waals surface area contributed by atoms with Gasteiger partial charge in [-0.05, 0) is 61.9 Å². The molecule has 9 heteroatoms. The minimum atomic E-state index is -0.824. The maximum atomic E-state index is 13.4. The van der Waals surface area contributed by atoms with Crippen LogP contribution >= 0.6 is 0 Å². The second kappa shape index (κ2) is 9.38. The van der Waals surface area contributed by atoms with Crippen molar-refractivity contribution in [2.24, 2.45) is 0 Å². The summed E-state index contributed by atoms with van der Waals surface area (Å²) in [5, 5.41) is 0. The number of nitrogens with one attached hydrogen (secondary N) is 1. The molecule has 0 aliphatic rings. The third-order valence-corrected chi connectivity index (χ3v) is 5.65. The number of hydrogen-bond acceptors (Lipinski definition) is 5. The summed E-state index contributed by atoms with van der Waals surface area (Å²) in [7, 11) is 0. The van der Waals surface area contributed by atoms with Gasteiger partial charge in [-0.2, -0.15) is 0 Å². The van der Waals surface area contributed by atoms with Crippen molar-refractivity contribution >= 4 is 0 Å². The second-order valence-electron chi connectivity index (χ2n) is 8.42. The van der Waals surface area contributed by atoms with Gasteiger partial charge in [0, 0.05) is 11.8 Å². The van der Waals surface area contributed by atoms with Gasteiger partial charge >= 0.3 is 17.1 Å². The fraction of sp³-hybridized carbons (Fsp3) is 0.111. The van der Waals surface area contributed by atoms with Crippen molar-refractivity contribution in [1.82, 2.24) is 23.7 Å². The standard InChI is InChI=1S/C27H23N5O4/c1-18-7-6-8-21(13-18)31-25(33)29-26(34)32(27(31)35)22-11-12-24(36-23-9-4-3-5-10-23)20(14-22)16-30-15-19(2)28-17-30/h3-15,17H,16H2,1-2H3,(H,29,33,34). The molecule has 9 nitrogen and oxygen atoms in total. The van der Waals surface area contributed by atoms with E-state index in [2.05, 4.69) is 9.97 Å². The number of aromatic nitrogens is 5. The van der Waals surface area contributed by atoms with Gasteiger partial charge in [-0.1, -0.05) is 30.3 Å². The Morgan fingerprint density at radius 2 is 1.56 bits per heavy atom. The summed E-state index contributed by atoms with van der Waals surface area (Å²) >= 11 is 0. The Labute approximate surface area is 205 Å². The van der Waals surface area contributed by atoms with Gasteiger partial charge < -0.3 is 9.30 Å². The van der Waals surface area contributed by atoms with Gasteiger partial charge in [0.25, 0.3) is 0 Å². The smallest absolute Gasteiger partial charge is 0.345 e. The molecule has 3 aromatic carbocycles. The van der Waals surface area contributed by atoms with E-state index in [9.17, 15) is 14.4 Å². The molecule has 0 spiro atoms. The van der Waals surface area contributed by atoms with E-state index in [1.165, 1.54) is 0 Å². The van der Waals surface area contributed by atoms with Crippen molar-refractivity contribution in [2.45, 2.75) is 20.4 Å². The van der Waals surface area contributed by atoms with Crippen molar-refractivity contribution < 1.29 is 4.74 Å². The summed E-state index contributed by atoms with van der Waals surface area (Å²) in [5.74, 6) is 1.21. The third-order valence-electron chi connectivity index (χ3n) is 5.65. The SMILES string of the molecule is Cc1cccc(-n2c(=O)[nH]c(=O)n(-c3ccc(Oc4ccccc4)c(Cn4cnc(C)c4)c3)c2=O)c1. The van der Waals surface area contributed by atoms with Crippen molar-refractivity contribution in [2.75, 3.05) is 0 Å². The molecule has 0 saturated carbocycles. The van der Waals surface area contributed by atoms with Crippen LogP contribution in [0.3, 0.4) is 0 Å². The Morgan fingerprint density at radius 3 is 2.22 bits per heavy atom. The maximum absolute atomic E-state index is 13.4. The predicted molar refractivity (Wildman–Crippen MR) is 136 cm³/mol. The van der Waals surface area contributed by atoms with Crippen LogP contribution in [0.4, 0.5) is 0 Å². The molecule has 0 radical (unpaired) electrons. The number of hydrogen-bond donors (Lipinski definition) is 1. The zero-order chi connectivity index (χ0) is 25.2. The molecule has 0 bridgehead atoms. The van der Waals surface area contributed by atoms with E-state index in [1.54, 1.807) is 42.7 Å². The lowest BCUT2D eigenvalue weighted by molar-refractivity contribution is 0.474. The molecule has 2 heterocycles. The Morgan fingerprint density at radius 1 is 0.833 bits per heavy atom. The Kier molecular flexibility index (Phi) is 5.95. The number of rotatable bonds is 6. The summed E-state index contributed by atoms with van der Waals surface area (Å²) in [4.78, 5) is 45.4. The summed E-state index contributed by atoms with van der Waals surface area (Å²) in [6.07, 6.45) is 3.58. The van der Waals surface area contributed by atoms with Crippen LogP contribution in [-0.4, -0.2) is 23.7 Å². The van der Waals surface area contributed by atoms with Gasteiger partial charge in [0.05, 0.1) is 29.9 Å². The van der Waals surface area contributed by atoms with Crippen molar-refractivity contribution in [3.8, 4) is 22.9 Å². The third kappa shape index (κ3) is 4.54. The van der Waals surface area contributed by atoms with Gasteiger partial charge in [-0.25, -0.2) is 28.5 Å². The zero-order valence-corrected chi connectivity index (χ0v) is 19.7. The van der Waals surface area contributed by atoms with E-state index in [0.29, 0.717) is 35.0 Å². The van der Waals surface area contributed by atoms with Crippen LogP contribution in [0.2, 0.25) is 0 Å². The molecule has 36 heavy (non-hydrogen) atoms. The number of H-pyrrole nitrogens is 1. The highest BCUT2D eigenvalue weighted by Gasteiger charge is 2.16. The number of aryl methyl sites for hydroxylation is 2. The number of para-hydroxylation sites is 1. The zero-order valence-electron chi connectivity index (χ0n) is 19.7. The fourth-order valence-electron chi connectivity index (χ4n) is 4.00. The molecular weight excluding hydrogens is 458 g/mol. The van der Waals surface area contributed by atoms with Crippen LogP contribution < -0.4 is 21.8 Å². The first kappa shape index (κ1) is 22.9. The van der Waals surface area contributed by atoms with Gasteiger partial charge in [0.2, 0.25) is 0 Å². The molecule has 0 saturated heterocycles. The lowest BCUT2D eigenvalue weighted by Gasteiger charge is -2.15. The second-order valence-corrected chi connectivity index (χ2v) is 8.42. The van der Waals surface area contributed by atoms with Gasteiger partial charge in [-0.3, -0.25) is 4.98 Å². The topological polar surface area (TPSA) is 104 Å². The minimum Gasteiger partial charge on any atom is -0.457 e. The Bertz CT molecular complexity index is 1730. The van der Waals surface area contributed by atoms with Crippen LogP contribution in [0.15, 0.2) is 99.7 Å². The molecule has 0 amide bonds. The summed E-state index contributed by atoms with van der Waals surface area (Å²) < 4.78 is 9.87. The molecule has 0 atom stereocenters. The molecule has 2 aromatic heterocycles. The molecule has 5 rings (SSSR count). The van der Waals surface area contributed by atoms with Crippen molar-refractivity contribution in [3.63, 3.8) is 0 Å². The van der Waals surface area contributed by atoms with Crippen LogP contribution in [-0.2, 0) is 6.54 Å². The van der Waals surface area contributed by atoms with Crippen molar-refractivity contribution in [3.05, 3.63) is 134 Å². The number of nitrogens with zero attached hydrogens (tertiary/aromatic N) is 4. The van der Waals surface area contributed by atoms with Gasteiger partial charge in [0.15, 0.2) is 0 Å². The first-order valence-corrected chi connectivity index (χ1v) is 11.3. The number of ether oxygens (including phenoxy) is 1. The summed E-state index contributed by atoms with van der Waals surface area (Å²) in [5.41, 5.74) is 0.721. The maximum Gasteiger partial charge on any atom is 0.345 e. The van der Waals surface area contributed by atoms with E-state index in [4.69, 9.17) is 4.74 Å². The number of imidazole rings is 1. The molecule has 1 N–H and O–H groups in total. The molecule has 0 fully saturated rings. The average molecular weight is 482 g/mol. The molecular formula is C27H23N5O4. The molecule has 0 aliphatic heterocycles. The van der Waals surface area contributed by atoms with E-state index in [-0.39, 0.29) is 0 Å². The van der Waals surface area contributed by atoms with Crippen molar-refractivity contribution in [1.29, 1.82) is 0 Å². The molecule has 180 valence electrons. The van der Waals surface area contributed by atoms with Crippen LogP contribution in [0.25, 0.3) is 11.4 Å². The number of benzene rings is 3. The highest BCUT2D eigenvalue weighted by atomic mass is 16.5. The molecule has 0 aliphatic carbocycles. The fourth-order valence-corrected chi connectivity index (χ4v) is 4.00. The monoisotopic (exact) mass is 481 g/mol. The molecule has 0 unspecified atom stereocenters. The normalized spacial score (nSPS) is 10.9. The van der Waals surface area contributed by atoms with Crippen LogP contribution in [0.1, 0.15) is 16.8 Å². The summed E-state index contributed by atoms with van der Waals surface area (Å²) in [6.45, 7) is 4.14. The van der Waals surface area contributed by atoms with E-state index < -0.39 is 17.1 Å². The van der Waals surface area contributed by atoms with E-state index >= 15 is 0 Å². The highest BCUT2D eigenvalue weighted by Crippen LogP contribution is 2.28. The first-order chi connectivity index (χ1) is 17.4. The highest BCUT2D eigenvalue weighted by molar-refractivity contribution is 5.46. The Balaban J connectivity index is 1.66. The first-order valence-electron chi connectivity index (χ1n) is 11.3. The Hall–Kier alpha value is -4.92. The van der Waals surface area contributed by atoms with Crippen LogP contribution in [0, 0.1) is 13.8 Å². The lowest BCUT2D eigenvalue weighted by atomic mass is 10.1. The lowest BCUT2D eigenvalue weighted by Crippen LogP contribution is -2.48.